The number of likely N-dealkylation sites (tertiary alicyclic amines) is 1. The molecule has 0 spiro atoms. The van der Waals surface area contributed by atoms with Crippen molar-refractivity contribution < 1.29 is 9.21 Å². The van der Waals surface area contributed by atoms with Crippen LogP contribution in [0.15, 0.2) is 47.0 Å². The van der Waals surface area contributed by atoms with Gasteiger partial charge >= 0.3 is 0 Å². The van der Waals surface area contributed by atoms with E-state index in [1.165, 1.54) is 12.8 Å². The van der Waals surface area contributed by atoms with E-state index in [1.54, 1.807) is 6.20 Å². The lowest BCUT2D eigenvalue weighted by Gasteiger charge is -2.13. The maximum Gasteiger partial charge on any atom is 0.287 e. The second kappa shape index (κ2) is 7.92. The number of carbonyl (C=O) groups is 1. The van der Waals surface area contributed by atoms with Gasteiger partial charge in [0.1, 0.15) is 5.76 Å². The second-order valence-corrected chi connectivity index (χ2v) is 7.11. The van der Waals surface area contributed by atoms with E-state index >= 15 is 0 Å². The maximum absolute atomic E-state index is 12.6. The average molecular weight is 363 g/mol. The maximum atomic E-state index is 12.6. The molecule has 1 aromatic carbocycles. The van der Waals surface area contributed by atoms with Crippen molar-refractivity contribution in [1.82, 2.24) is 15.2 Å². The van der Waals surface area contributed by atoms with Crippen LogP contribution in [0.3, 0.4) is 0 Å². The van der Waals surface area contributed by atoms with Crippen LogP contribution in [0.4, 0.5) is 0 Å². The van der Waals surface area contributed by atoms with E-state index in [2.05, 4.69) is 28.2 Å². The van der Waals surface area contributed by atoms with Crippen LogP contribution in [0.1, 0.15) is 47.2 Å². The number of rotatable bonds is 6. The molecule has 2 aromatic heterocycles. The summed E-state index contributed by atoms with van der Waals surface area (Å²) in [4.78, 5) is 19.3. The Hall–Kier alpha value is -2.66. The van der Waals surface area contributed by atoms with Gasteiger partial charge in [0.05, 0.1) is 5.52 Å². The molecular formula is C22H25N3O2. The number of nitrogens with zero attached hydrogens (tertiary/aromatic N) is 2. The molecule has 140 valence electrons. The van der Waals surface area contributed by atoms with E-state index in [0.29, 0.717) is 12.3 Å². The van der Waals surface area contributed by atoms with Crippen molar-refractivity contribution in [3.05, 3.63) is 65.2 Å². The SMILES string of the molecule is CCc1oc(C(=O)NCc2ccc3ncccc3c2)cc1CN1CCCC1. The molecule has 1 N–H and O–H groups in total. The zero-order valence-corrected chi connectivity index (χ0v) is 15.7. The normalized spacial score (nSPS) is 14.7. The van der Waals surface area contributed by atoms with Crippen molar-refractivity contribution in [2.75, 3.05) is 13.1 Å². The van der Waals surface area contributed by atoms with Gasteiger partial charge in [0, 0.05) is 36.7 Å². The highest BCUT2D eigenvalue weighted by Crippen LogP contribution is 2.21. The molecule has 1 amide bonds. The third kappa shape index (κ3) is 4.03. The minimum absolute atomic E-state index is 0.163. The van der Waals surface area contributed by atoms with E-state index in [0.717, 1.165) is 53.8 Å². The first-order valence-electron chi connectivity index (χ1n) is 9.68. The van der Waals surface area contributed by atoms with E-state index in [1.807, 2.05) is 30.3 Å². The van der Waals surface area contributed by atoms with E-state index in [4.69, 9.17) is 4.42 Å². The number of hydrogen-bond acceptors (Lipinski definition) is 4. The molecule has 0 bridgehead atoms. The zero-order valence-electron chi connectivity index (χ0n) is 15.7. The third-order valence-corrected chi connectivity index (χ3v) is 5.15. The Bertz CT molecular complexity index is 942. The Balaban J connectivity index is 1.43. The van der Waals surface area contributed by atoms with Crippen LogP contribution >= 0.6 is 0 Å². The zero-order chi connectivity index (χ0) is 18.6. The molecule has 1 aliphatic heterocycles. The fraction of sp³-hybridized carbons (Fsp3) is 0.364. The molecule has 4 rings (SSSR count). The Morgan fingerprint density at radius 2 is 2.07 bits per heavy atom. The molecule has 0 aliphatic carbocycles. The molecule has 27 heavy (non-hydrogen) atoms. The molecule has 5 heteroatoms. The number of furan rings is 1. The first-order chi connectivity index (χ1) is 13.2. The van der Waals surface area contributed by atoms with Gasteiger partial charge in [0.15, 0.2) is 5.76 Å². The Labute approximate surface area is 159 Å². The van der Waals surface area contributed by atoms with Crippen LogP contribution < -0.4 is 5.32 Å². The summed E-state index contributed by atoms with van der Waals surface area (Å²) in [7, 11) is 0. The van der Waals surface area contributed by atoms with Gasteiger partial charge in [-0.3, -0.25) is 14.7 Å². The fourth-order valence-corrected chi connectivity index (χ4v) is 3.70. The summed E-state index contributed by atoms with van der Waals surface area (Å²) in [5.74, 6) is 1.16. The van der Waals surface area contributed by atoms with Crippen molar-refractivity contribution in [3.8, 4) is 0 Å². The van der Waals surface area contributed by atoms with Crippen molar-refractivity contribution in [1.29, 1.82) is 0 Å². The van der Waals surface area contributed by atoms with Crippen LogP contribution in [0.25, 0.3) is 10.9 Å². The van der Waals surface area contributed by atoms with Crippen molar-refractivity contribution in [2.45, 2.75) is 39.3 Å². The van der Waals surface area contributed by atoms with Crippen molar-refractivity contribution >= 4 is 16.8 Å². The van der Waals surface area contributed by atoms with E-state index < -0.39 is 0 Å². The standard InChI is InChI=1S/C22H25N3O2/c1-2-20-18(15-25-10-3-4-11-25)13-21(27-20)22(26)24-14-16-7-8-19-17(12-16)6-5-9-23-19/h5-9,12-13H,2-4,10-11,14-15H2,1H3,(H,24,26). The van der Waals surface area contributed by atoms with Gasteiger partial charge < -0.3 is 9.73 Å². The lowest BCUT2D eigenvalue weighted by Crippen LogP contribution is -2.22. The van der Waals surface area contributed by atoms with Gasteiger partial charge in [0.2, 0.25) is 0 Å². The van der Waals surface area contributed by atoms with Crippen LogP contribution in [0, 0.1) is 0 Å². The summed E-state index contributed by atoms with van der Waals surface area (Å²) in [6.07, 6.45) is 5.10. The van der Waals surface area contributed by atoms with Crippen molar-refractivity contribution in [2.24, 2.45) is 0 Å². The highest BCUT2D eigenvalue weighted by atomic mass is 16.4. The molecule has 1 saturated heterocycles. The lowest BCUT2D eigenvalue weighted by atomic mass is 10.1. The van der Waals surface area contributed by atoms with Gasteiger partial charge in [-0.05, 0) is 55.8 Å². The first kappa shape index (κ1) is 17.7. The van der Waals surface area contributed by atoms with Gasteiger partial charge in [-0.25, -0.2) is 0 Å². The molecule has 0 atom stereocenters. The van der Waals surface area contributed by atoms with E-state index in [9.17, 15) is 4.79 Å². The van der Waals surface area contributed by atoms with Gasteiger partial charge in [-0.15, -0.1) is 0 Å². The quantitative estimate of drug-likeness (QED) is 0.721. The largest absolute Gasteiger partial charge is 0.456 e. The molecule has 1 aliphatic rings. The summed E-state index contributed by atoms with van der Waals surface area (Å²) in [5, 5.41) is 4.04. The molecule has 1 fully saturated rings. The first-order valence-corrected chi connectivity index (χ1v) is 9.68. The second-order valence-electron chi connectivity index (χ2n) is 7.11. The Morgan fingerprint density at radius 3 is 2.89 bits per heavy atom. The molecule has 5 nitrogen and oxygen atoms in total. The average Bonchev–Trinajstić information content (AvgIpc) is 3.36. The number of hydrogen-bond donors (Lipinski definition) is 1. The topological polar surface area (TPSA) is 58.4 Å². The molecule has 0 unspecified atom stereocenters. The minimum Gasteiger partial charge on any atom is -0.456 e. The smallest absolute Gasteiger partial charge is 0.287 e. The summed E-state index contributed by atoms with van der Waals surface area (Å²) >= 11 is 0. The number of fused-ring (bicyclic) bond motifs is 1. The van der Waals surface area contributed by atoms with Gasteiger partial charge in [-0.2, -0.15) is 0 Å². The number of aromatic nitrogens is 1. The van der Waals surface area contributed by atoms with Crippen LogP contribution in [-0.2, 0) is 19.5 Å². The summed E-state index contributed by atoms with van der Waals surface area (Å²) in [6.45, 7) is 5.67. The predicted molar refractivity (Wildman–Crippen MR) is 106 cm³/mol. The van der Waals surface area contributed by atoms with Crippen LogP contribution in [-0.4, -0.2) is 28.9 Å². The number of carbonyl (C=O) groups excluding carboxylic acids is 1. The molecular weight excluding hydrogens is 338 g/mol. The fourth-order valence-electron chi connectivity index (χ4n) is 3.70. The highest BCUT2D eigenvalue weighted by Gasteiger charge is 2.19. The summed E-state index contributed by atoms with van der Waals surface area (Å²) in [5.41, 5.74) is 3.14. The Morgan fingerprint density at radius 1 is 1.22 bits per heavy atom. The lowest BCUT2D eigenvalue weighted by molar-refractivity contribution is 0.0921. The number of amides is 1. The number of pyridine rings is 1. The highest BCUT2D eigenvalue weighted by molar-refractivity contribution is 5.91. The molecule has 3 aromatic rings. The van der Waals surface area contributed by atoms with Crippen molar-refractivity contribution in [3.63, 3.8) is 0 Å². The van der Waals surface area contributed by atoms with E-state index in [-0.39, 0.29) is 5.91 Å². The number of benzene rings is 1. The molecule has 0 radical (unpaired) electrons. The number of nitrogens with one attached hydrogen (secondary N) is 1. The minimum atomic E-state index is -0.163. The Kier molecular flexibility index (Phi) is 5.21. The van der Waals surface area contributed by atoms with Crippen LogP contribution in [0.5, 0.6) is 0 Å². The van der Waals surface area contributed by atoms with Gasteiger partial charge in [-0.1, -0.05) is 19.1 Å². The molecule has 3 heterocycles. The van der Waals surface area contributed by atoms with Crippen LogP contribution in [0.2, 0.25) is 0 Å². The summed E-state index contributed by atoms with van der Waals surface area (Å²) < 4.78 is 5.85. The number of aryl methyl sites for hydroxylation is 1. The molecule has 0 saturated carbocycles. The van der Waals surface area contributed by atoms with Gasteiger partial charge in [0.25, 0.3) is 5.91 Å². The predicted octanol–water partition coefficient (Wildman–Crippen LogP) is 3.92. The third-order valence-electron chi connectivity index (χ3n) is 5.15. The monoisotopic (exact) mass is 363 g/mol. The summed E-state index contributed by atoms with van der Waals surface area (Å²) in [6, 6.07) is 11.9.